The van der Waals surface area contributed by atoms with Gasteiger partial charge in [0.25, 0.3) is 0 Å². The van der Waals surface area contributed by atoms with Crippen molar-refractivity contribution in [3.8, 4) is 0 Å². The van der Waals surface area contributed by atoms with E-state index in [0.29, 0.717) is 6.42 Å². The highest BCUT2D eigenvalue weighted by molar-refractivity contribution is 7.90. The van der Waals surface area contributed by atoms with Gasteiger partial charge in [-0.25, -0.2) is 13.4 Å². The van der Waals surface area contributed by atoms with Crippen molar-refractivity contribution >= 4 is 20.9 Å². The van der Waals surface area contributed by atoms with E-state index in [9.17, 15) is 8.42 Å². The Hall–Kier alpha value is -1.40. The first-order valence-corrected chi connectivity index (χ1v) is 8.86. The van der Waals surface area contributed by atoms with Crippen molar-refractivity contribution in [1.29, 1.82) is 0 Å². The van der Waals surface area contributed by atoms with Crippen molar-refractivity contribution in [2.45, 2.75) is 25.9 Å². The zero-order chi connectivity index (χ0) is 14.6. The normalized spacial score (nSPS) is 13.7. The molecule has 1 heterocycles. The molecule has 0 aliphatic carbocycles. The van der Waals surface area contributed by atoms with Crippen molar-refractivity contribution in [3.63, 3.8) is 0 Å². The van der Waals surface area contributed by atoms with Crippen LogP contribution in [0.3, 0.4) is 0 Å². The molecule has 1 aromatic carbocycles. The zero-order valence-electron chi connectivity index (χ0n) is 11.9. The van der Waals surface area contributed by atoms with E-state index in [-0.39, 0.29) is 11.8 Å². The molecule has 0 saturated heterocycles. The van der Waals surface area contributed by atoms with Crippen LogP contribution in [-0.4, -0.2) is 42.6 Å². The maximum Gasteiger partial charge on any atom is 0.147 e. The third kappa shape index (κ3) is 4.05. The number of sulfone groups is 1. The van der Waals surface area contributed by atoms with Gasteiger partial charge in [0.1, 0.15) is 9.84 Å². The molecule has 2 rings (SSSR count). The van der Waals surface area contributed by atoms with Crippen LogP contribution in [0, 0.1) is 0 Å². The average molecular weight is 295 g/mol. The van der Waals surface area contributed by atoms with Crippen molar-refractivity contribution in [2.24, 2.45) is 0 Å². The van der Waals surface area contributed by atoms with Crippen molar-refractivity contribution in [3.05, 3.63) is 30.6 Å². The van der Waals surface area contributed by atoms with Gasteiger partial charge in [-0.1, -0.05) is 19.1 Å². The highest BCUT2D eigenvalue weighted by Gasteiger charge is 2.13. The number of hydrogen-bond acceptors (Lipinski definition) is 4. The number of hydrogen-bond donors (Lipinski definition) is 1. The summed E-state index contributed by atoms with van der Waals surface area (Å²) >= 11 is 0. The molecular weight excluding hydrogens is 274 g/mol. The molecule has 0 spiro atoms. The minimum Gasteiger partial charge on any atom is -0.329 e. The summed E-state index contributed by atoms with van der Waals surface area (Å²) in [5.74, 6) is 0.206. The third-order valence-corrected chi connectivity index (χ3v) is 4.25. The van der Waals surface area contributed by atoms with E-state index in [1.165, 1.54) is 6.26 Å². The van der Waals surface area contributed by atoms with E-state index < -0.39 is 9.84 Å². The van der Waals surface area contributed by atoms with E-state index in [1.54, 1.807) is 0 Å². The van der Waals surface area contributed by atoms with Gasteiger partial charge in [-0.2, -0.15) is 0 Å². The Morgan fingerprint density at radius 3 is 2.80 bits per heavy atom. The van der Waals surface area contributed by atoms with Crippen molar-refractivity contribution in [1.82, 2.24) is 14.9 Å². The van der Waals surface area contributed by atoms with Gasteiger partial charge in [-0.3, -0.25) is 0 Å². The van der Waals surface area contributed by atoms with Crippen molar-refractivity contribution < 1.29 is 8.42 Å². The SMILES string of the molecule is CCNC(CCS(C)(=O)=O)Cn1cnc2ccccc21. The first kappa shape index (κ1) is 15.0. The molecule has 0 amide bonds. The van der Waals surface area contributed by atoms with Crippen LogP contribution < -0.4 is 5.32 Å². The molecule has 1 aromatic heterocycles. The van der Waals surface area contributed by atoms with E-state index in [2.05, 4.69) is 14.9 Å². The van der Waals surface area contributed by atoms with Crippen LogP contribution in [0.25, 0.3) is 11.0 Å². The minimum absolute atomic E-state index is 0.132. The summed E-state index contributed by atoms with van der Waals surface area (Å²) in [6.07, 6.45) is 3.71. The Morgan fingerprint density at radius 2 is 2.10 bits per heavy atom. The molecule has 2 aromatic rings. The van der Waals surface area contributed by atoms with Gasteiger partial charge in [0, 0.05) is 18.8 Å². The lowest BCUT2D eigenvalue weighted by atomic mass is 10.2. The predicted molar refractivity (Wildman–Crippen MR) is 81.5 cm³/mol. The molecule has 0 aliphatic heterocycles. The Kier molecular flexibility index (Phi) is 4.77. The highest BCUT2D eigenvalue weighted by Crippen LogP contribution is 2.13. The minimum atomic E-state index is -2.92. The fourth-order valence-corrected chi connectivity index (χ4v) is 3.01. The Labute approximate surface area is 119 Å². The number of nitrogens with one attached hydrogen (secondary N) is 1. The van der Waals surface area contributed by atoms with Crippen LogP contribution in [0.1, 0.15) is 13.3 Å². The maximum atomic E-state index is 11.3. The van der Waals surface area contributed by atoms with Crippen LogP contribution in [0.15, 0.2) is 30.6 Å². The molecule has 0 bridgehead atoms. The first-order chi connectivity index (χ1) is 9.49. The molecule has 110 valence electrons. The third-order valence-electron chi connectivity index (χ3n) is 3.27. The molecule has 0 fully saturated rings. The largest absolute Gasteiger partial charge is 0.329 e. The number of rotatable bonds is 7. The number of imidazole rings is 1. The Bertz CT molecular complexity index is 664. The zero-order valence-corrected chi connectivity index (χ0v) is 12.7. The van der Waals surface area contributed by atoms with E-state index in [0.717, 1.165) is 24.1 Å². The number of fused-ring (bicyclic) bond motifs is 1. The number of para-hydroxylation sites is 2. The smallest absolute Gasteiger partial charge is 0.147 e. The molecule has 0 saturated carbocycles. The lowest BCUT2D eigenvalue weighted by Crippen LogP contribution is -2.34. The molecule has 1 atom stereocenters. The van der Waals surface area contributed by atoms with Crippen LogP contribution in [0.5, 0.6) is 0 Å². The quantitative estimate of drug-likeness (QED) is 0.839. The van der Waals surface area contributed by atoms with Gasteiger partial charge in [-0.05, 0) is 25.1 Å². The molecule has 6 heteroatoms. The van der Waals surface area contributed by atoms with E-state index in [4.69, 9.17) is 0 Å². The Morgan fingerprint density at radius 1 is 1.35 bits per heavy atom. The monoisotopic (exact) mass is 295 g/mol. The van der Waals surface area contributed by atoms with Crippen LogP contribution in [0.4, 0.5) is 0 Å². The van der Waals surface area contributed by atoms with E-state index in [1.807, 2.05) is 37.5 Å². The first-order valence-electron chi connectivity index (χ1n) is 6.80. The van der Waals surface area contributed by atoms with Gasteiger partial charge >= 0.3 is 0 Å². The van der Waals surface area contributed by atoms with Crippen LogP contribution in [-0.2, 0) is 16.4 Å². The standard InChI is InChI=1S/C14H21N3O2S/c1-3-15-12(8-9-20(2,18)19)10-17-11-16-13-6-4-5-7-14(13)17/h4-7,11-12,15H,3,8-10H2,1-2H3. The lowest BCUT2D eigenvalue weighted by Gasteiger charge is -2.18. The second kappa shape index (κ2) is 6.37. The molecule has 1 unspecified atom stereocenters. The molecule has 1 N–H and O–H groups in total. The summed E-state index contributed by atoms with van der Waals surface area (Å²) < 4.78 is 24.7. The number of benzene rings is 1. The highest BCUT2D eigenvalue weighted by atomic mass is 32.2. The van der Waals surface area contributed by atoms with E-state index >= 15 is 0 Å². The molecule has 5 nitrogen and oxygen atoms in total. The fraction of sp³-hybridized carbons (Fsp3) is 0.500. The summed E-state index contributed by atoms with van der Waals surface area (Å²) in [6.45, 7) is 3.57. The number of nitrogens with zero attached hydrogens (tertiary/aromatic N) is 2. The van der Waals surface area contributed by atoms with Crippen LogP contribution in [0.2, 0.25) is 0 Å². The summed E-state index contributed by atoms with van der Waals surface area (Å²) in [7, 11) is -2.92. The maximum absolute atomic E-state index is 11.3. The Balaban J connectivity index is 2.11. The number of likely N-dealkylation sites (N-methyl/N-ethyl adjacent to an activating group) is 1. The molecule has 0 radical (unpaired) electrons. The fourth-order valence-electron chi connectivity index (χ4n) is 2.30. The average Bonchev–Trinajstić information content (AvgIpc) is 2.79. The van der Waals surface area contributed by atoms with Gasteiger partial charge in [0.05, 0.1) is 23.1 Å². The van der Waals surface area contributed by atoms with Gasteiger partial charge in [-0.15, -0.1) is 0 Å². The van der Waals surface area contributed by atoms with Gasteiger partial charge < -0.3 is 9.88 Å². The van der Waals surface area contributed by atoms with Crippen molar-refractivity contribution in [2.75, 3.05) is 18.6 Å². The molecule has 0 aliphatic rings. The topological polar surface area (TPSA) is 64.0 Å². The lowest BCUT2D eigenvalue weighted by molar-refractivity contribution is 0.451. The summed E-state index contributed by atoms with van der Waals surface area (Å²) in [6, 6.07) is 8.09. The molecule has 20 heavy (non-hydrogen) atoms. The summed E-state index contributed by atoms with van der Waals surface area (Å²) in [5.41, 5.74) is 2.04. The second-order valence-electron chi connectivity index (χ2n) is 5.06. The second-order valence-corrected chi connectivity index (χ2v) is 7.32. The number of aromatic nitrogens is 2. The predicted octanol–water partition coefficient (Wildman–Crippen LogP) is 1.45. The summed E-state index contributed by atoms with van der Waals surface area (Å²) in [5, 5.41) is 3.35. The summed E-state index contributed by atoms with van der Waals surface area (Å²) in [4.78, 5) is 4.36. The van der Waals surface area contributed by atoms with Crippen LogP contribution >= 0.6 is 0 Å². The van der Waals surface area contributed by atoms with Gasteiger partial charge in [0.2, 0.25) is 0 Å². The van der Waals surface area contributed by atoms with Gasteiger partial charge in [0.15, 0.2) is 0 Å². The molecular formula is C14H21N3O2S.